The molecule has 0 aliphatic rings. The second-order valence-electron chi connectivity index (χ2n) is 4.90. The first-order valence-corrected chi connectivity index (χ1v) is 6.10. The van der Waals surface area contributed by atoms with E-state index in [2.05, 4.69) is 23.1 Å². The predicted molar refractivity (Wildman–Crippen MR) is 75.7 cm³/mol. The van der Waals surface area contributed by atoms with Gasteiger partial charge in [0.1, 0.15) is 5.75 Å². The summed E-state index contributed by atoms with van der Waals surface area (Å²) in [6.45, 7) is 2.69. The Labute approximate surface area is 109 Å². The first-order chi connectivity index (χ1) is 8.58. The lowest BCUT2D eigenvalue weighted by Gasteiger charge is -2.15. The summed E-state index contributed by atoms with van der Waals surface area (Å²) in [6.07, 6.45) is 0. The van der Waals surface area contributed by atoms with E-state index in [9.17, 15) is 5.11 Å². The van der Waals surface area contributed by atoms with Crippen molar-refractivity contribution in [2.45, 2.75) is 13.5 Å². The third-order valence-corrected chi connectivity index (χ3v) is 2.97. The monoisotopic (exact) mass is 241 g/mol. The maximum atomic E-state index is 10.1. The Kier molecular flexibility index (Phi) is 3.68. The zero-order valence-electron chi connectivity index (χ0n) is 11.1. The van der Waals surface area contributed by atoms with Gasteiger partial charge in [-0.3, -0.25) is 0 Å². The van der Waals surface area contributed by atoms with Crippen molar-refractivity contribution in [3.05, 3.63) is 53.6 Å². The molecule has 0 saturated carbocycles. The fraction of sp³-hybridized carbons (Fsp3) is 0.250. The average molecular weight is 241 g/mol. The summed E-state index contributed by atoms with van der Waals surface area (Å²) in [5.74, 6) is 0.406. The van der Waals surface area contributed by atoms with Crippen molar-refractivity contribution in [2.24, 2.45) is 0 Å². The molecule has 0 heterocycles. The van der Waals surface area contributed by atoms with Crippen LogP contribution in [0.5, 0.6) is 5.75 Å². The molecule has 94 valence electrons. The Balaban J connectivity index is 2.47. The standard InChI is InChI=1S/C16H19NO/c1-12-9-14(13-7-5-4-6-8-13)10-15(16(12)18)11-17(2)3/h4-10,18H,11H2,1-3H3. The van der Waals surface area contributed by atoms with Crippen molar-refractivity contribution in [2.75, 3.05) is 14.1 Å². The quantitative estimate of drug-likeness (QED) is 0.890. The smallest absolute Gasteiger partial charge is 0.123 e. The number of phenols is 1. The first-order valence-electron chi connectivity index (χ1n) is 6.10. The van der Waals surface area contributed by atoms with Crippen LogP contribution in [0.2, 0.25) is 0 Å². The van der Waals surface area contributed by atoms with Gasteiger partial charge in [0.25, 0.3) is 0 Å². The van der Waals surface area contributed by atoms with Crippen LogP contribution in [0.15, 0.2) is 42.5 Å². The van der Waals surface area contributed by atoms with Crippen LogP contribution in [-0.4, -0.2) is 24.1 Å². The highest BCUT2D eigenvalue weighted by Crippen LogP contribution is 2.30. The van der Waals surface area contributed by atoms with Gasteiger partial charge in [0, 0.05) is 12.1 Å². The van der Waals surface area contributed by atoms with E-state index in [0.29, 0.717) is 5.75 Å². The topological polar surface area (TPSA) is 23.5 Å². The van der Waals surface area contributed by atoms with Gasteiger partial charge in [-0.15, -0.1) is 0 Å². The molecule has 2 heteroatoms. The number of hydrogen-bond acceptors (Lipinski definition) is 2. The SMILES string of the molecule is Cc1cc(-c2ccccc2)cc(CN(C)C)c1O. The Morgan fingerprint density at radius 1 is 1.00 bits per heavy atom. The molecule has 0 aliphatic carbocycles. The number of benzene rings is 2. The number of aryl methyl sites for hydroxylation is 1. The van der Waals surface area contributed by atoms with Crippen molar-refractivity contribution in [3.8, 4) is 16.9 Å². The van der Waals surface area contributed by atoms with E-state index in [4.69, 9.17) is 0 Å². The van der Waals surface area contributed by atoms with E-state index in [0.717, 1.165) is 23.2 Å². The molecule has 0 radical (unpaired) electrons. The molecule has 2 nitrogen and oxygen atoms in total. The summed E-state index contributed by atoms with van der Waals surface area (Å²) in [5.41, 5.74) is 4.23. The predicted octanol–water partition coefficient (Wildman–Crippen LogP) is 3.43. The zero-order valence-corrected chi connectivity index (χ0v) is 11.1. The van der Waals surface area contributed by atoms with Crippen LogP contribution in [-0.2, 0) is 6.54 Å². The van der Waals surface area contributed by atoms with E-state index in [1.54, 1.807) is 0 Å². The van der Waals surface area contributed by atoms with Crippen LogP contribution in [0.3, 0.4) is 0 Å². The molecule has 2 aromatic rings. The van der Waals surface area contributed by atoms with Gasteiger partial charge < -0.3 is 10.0 Å². The molecule has 0 amide bonds. The van der Waals surface area contributed by atoms with Crippen LogP contribution in [0.4, 0.5) is 0 Å². The number of rotatable bonds is 3. The van der Waals surface area contributed by atoms with E-state index >= 15 is 0 Å². The molecule has 0 aromatic heterocycles. The summed E-state index contributed by atoms with van der Waals surface area (Å²) < 4.78 is 0. The van der Waals surface area contributed by atoms with Gasteiger partial charge in [-0.25, -0.2) is 0 Å². The molecule has 2 rings (SSSR count). The molecular formula is C16H19NO. The summed E-state index contributed by atoms with van der Waals surface area (Å²) in [5, 5.41) is 10.1. The Morgan fingerprint density at radius 3 is 2.28 bits per heavy atom. The van der Waals surface area contributed by atoms with Crippen molar-refractivity contribution in [1.29, 1.82) is 0 Å². The highest BCUT2D eigenvalue weighted by molar-refractivity contribution is 5.67. The summed E-state index contributed by atoms with van der Waals surface area (Å²) in [7, 11) is 4.01. The highest BCUT2D eigenvalue weighted by Gasteiger charge is 2.09. The molecule has 0 spiro atoms. The lowest BCUT2D eigenvalue weighted by molar-refractivity contribution is 0.385. The van der Waals surface area contributed by atoms with E-state index < -0.39 is 0 Å². The van der Waals surface area contributed by atoms with Gasteiger partial charge in [0.15, 0.2) is 0 Å². The lowest BCUT2D eigenvalue weighted by Crippen LogP contribution is -2.11. The second kappa shape index (κ2) is 5.23. The first kappa shape index (κ1) is 12.7. The van der Waals surface area contributed by atoms with Gasteiger partial charge >= 0.3 is 0 Å². The van der Waals surface area contributed by atoms with Gasteiger partial charge in [0.05, 0.1) is 0 Å². The largest absolute Gasteiger partial charge is 0.507 e. The summed E-state index contributed by atoms with van der Waals surface area (Å²) in [6, 6.07) is 14.3. The molecule has 18 heavy (non-hydrogen) atoms. The average Bonchev–Trinajstić information content (AvgIpc) is 2.35. The van der Waals surface area contributed by atoms with Crippen LogP contribution >= 0.6 is 0 Å². The molecular weight excluding hydrogens is 222 g/mol. The molecule has 0 saturated heterocycles. The second-order valence-corrected chi connectivity index (χ2v) is 4.90. The van der Waals surface area contributed by atoms with Crippen molar-refractivity contribution in [3.63, 3.8) is 0 Å². The van der Waals surface area contributed by atoms with Crippen LogP contribution < -0.4 is 0 Å². The number of phenolic OH excluding ortho intramolecular Hbond substituents is 1. The van der Waals surface area contributed by atoms with Crippen molar-refractivity contribution in [1.82, 2.24) is 4.90 Å². The normalized spacial score (nSPS) is 10.9. The fourth-order valence-corrected chi connectivity index (χ4v) is 2.11. The lowest BCUT2D eigenvalue weighted by atomic mass is 9.99. The Bertz CT molecular complexity index is 532. The van der Waals surface area contributed by atoms with Crippen LogP contribution in [0, 0.1) is 6.92 Å². The van der Waals surface area contributed by atoms with Crippen molar-refractivity contribution >= 4 is 0 Å². The molecule has 1 N–H and O–H groups in total. The number of hydrogen-bond donors (Lipinski definition) is 1. The van der Waals surface area contributed by atoms with Crippen LogP contribution in [0.1, 0.15) is 11.1 Å². The van der Waals surface area contributed by atoms with E-state index in [-0.39, 0.29) is 0 Å². The molecule has 0 atom stereocenters. The third-order valence-electron chi connectivity index (χ3n) is 2.97. The minimum atomic E-state index is 0.406. The Morgan fingerprint density at radius 2 is 1.67 bits per heavy atom. The zero-order chi connectivity index (χ0) is 13.1. The molecule has 0 fully saturated rings. The highest BCUT2D eigenvalue weighted by atomic mass is 16.3. The van der Waals surface area contributed by atoms with Crippen molar-refractivity contribution < 1.29 is 5.11 Å². The number of nitrogens with zero attached hydrogens (tertiary/aromatic N) is 1. The minimum Gasteiger partial charge on any atom is -0.507 e. The fourth-order valence-electron chi connectivity index (χ4n) is 2.11. The van der Waals surface area contributed by atoms with Crippen LogP contribution in [0.25, 0.3) is 11.1 Å². The minimum absolute atomic E-state index is 0.406. The van der Waals surface area contributed by atoms with Gasteiger partial charge in [-0.2, -0.15) is 0 Å². The maximum absolute atomic E-state index is 10.1. The van der Waals surface area contributed by atoms with E-state index in [1.165, 1.54) is 5.56 Å². The van der Waals surface area contributed by atoms with Gasteiger partial charge in [-0.1, -0.05) is 30.3 Å². The van der Waals surface area contributed by atoms with Gasteiger partial charge in [-0.05, 0) is 49.8 Å². The summed E-state index contributed by atoms with van der Waals surface area (Å²) >= 11 is 0. The number of aromatic hydroxyl groups is 1. The summed E-state index contributed by atoms with van der Waals surface area (Å²) in [4.78, 5) is 2.06. The molecule has 0 unspecified atom stereocenters. The molecule has 0 aliphatic heterocycles. The van der Waals surface area contributed by atoms with Gasteiger partial charge in [0.2, 0.25) is 0 Å². The molecule has 0 bridgehead atoms. The Hall–Kier alpha value is -1.80. The van der Waals surface area contributed by atoms with E-state index in [1.807, 2.05) is 45.3 Å². The third kappa shape index (κ3) is 2.71. The maximum Gasteiger partial charge on any atom is 0.123 e. The molecule has 2 aromatic carbocycles.